The maximum absolute atomic E-state index is 13.8. The number of aromatic nitrogens is 4. The summed E-state index contributed by atoms with van der Waals surface area (Å²) < 4.78 is 17.2. The molecule has 0 fully saturated rings. The molecule has 1 N–H and O–H groups in total. The quantitative estimate of drug-likeness (QED) is 0.457. The highest BCUT2D eigenvalue weighted by Gasteiger charge is 2.17. The highest BCUT2D eigenvalue weighted by Crippen LogP contribution is 2.22. The first-order valence-corrected chi connectivity index (χ1v) is 10.6. The van der Waals surface area contributed by atoms with Crippen molar-refractivity contribution in [2.24, 2.45) is 0 Å². The summed E-state index contributed by atoms with van der Waals surface area (Å²) in [6.07, 6.45) is 1.78. The molecule has 0 atom stereocenters. The van der Waals surface area contributed by atoms with Crippen molar-refractivity contribution < 1.29 is 9.18 Å². The van der Waals surface area contributed by atoms with Gasteiger partial charge in [0, 0.05) is 6.54 Å². The van der Waals surface area contributed by atoms with Crippen molar-refractivity contribution in [3.8, 4) is 0 Å². The minimum absolute atomic E-state index is 0.0253. The first kappa shape index (κ1) is 20.1. The van der Waals surface area contributed by atoms with Gasteiger partial charge < -0.3 is 5.32 Å². The Balaban J connectivity index is 1.67. The second-order valence-corrected chi connectivity index (χ2v) is 7.70. The summed E-state index contributed by atoms with van der Waals surface area (Å²) in [5, 5.41) is 12.1. The predicted molar refractivity (Wildman–Crippen MR) is 115 cm³/mol. The summed E-state index contributed by atoms with van der Waals surface area (Å²) in [4.78, 5) is 25.2. The zero-order valence-corrected chi connectivity index (χ0v) is 17.2. The molecule has 154 valence electrons. The molecule has 0 bridgehead atoms. The number of halogens is 1. The maximum Gasteiger partial charge on any atom is 0.262 e. The van der Waals surface area contributed by atoms with Gasteiger partial charge in [0.25, 0.3) is 5.56 Å². The molecule has 4 rings (SSSR count). The molecule has 1 amide bonds. The van der Waals surface area contributed by atoms with E-state index in [9.17, 15) is 14.0 Å². The summed E-state index contributed by atoms with van der Waals surface area (Å²) in [7, 11) is 0. The summed E-state index contributed by atoms with van der Waals surface area (Å²) in [5.74, 6) is -0.373. The molecule has 0 aliphatic carbocycles. The van der Waals surface area contributed by atoms with Gasteiger partial charge in [-0.05, 0) is 30.7 Å². The highest BCUT2D eigenvalue weighted by molar-refractivity contribution is 7.99. The Morgan fingerprint density at radius 1 is 1.13 bits per heavy atom. The van der Waals surface area contributed by atoms with Crippen LogP contribution in [0.2, 0.25) is 0 Å². The fourth-order valence-electron chi connectivity index (χ4n) is 3.22. The van der Waals surface area contributed by atoms with Crippen molar-refractivity contribution >= 4 is 40.0 Å². The van der Waals surface area contributed by atoms with E-state index in [0.717, 1.165) is 12.8 Å². The molecule has 9 heteroatoms. The lowest BCUT2D eigenvalue weighted by Gasteiger charge is -2.11. The number of thioether (sulfide) groups is 1. The molecule has 2 aromatic carbocycles. The van der Waals surface area contributed by atoms with E-state index in [2.05, 4.69) is 22.4 Å². The van der Waals surface area contributed by atoms with E-state index in [0.29, 0.717) is 28.4 Å². The summed E-state index contributed by atoms with van der Waals surface area (Å²) in [6.45, 7) is 2.60. The van der Waals surface area contributed by atoms with Crippen LogP contribution in [-0.4, -0.2) is 30.8 Å². The maximum atomic E-state index is 13.8. The first-order chi connectivity index (χ1) is 14.6. The van der Waals surface area contributed by atoms with Crippen LogP contribution in [0.3, 0.4) is 0 Å². The van der Waals surface area contributed by atoms with Gasteiger partial charge in [-0.1, -0.05) is 49.4 Å². The third kappa shape index (κ3) is 3.80. The van der Waals surface area contributed by atoms with Gasteiger partial charge in [-0.2, -0.15) is 0 Å². The number of carbonyl (C=O) groups excluding carboxylic acids is 1. The Morgan fingerprint density at radius 2 is 1.90 bits per heavy atom. The van der Waals surface area contributed by atoms with Gasteiger partial charge in [-0.15, -0.1) is 10.2 Å². The highest BCUT2D eigenvalue weighted by atomic mass is 32.2. The monoisotopic (exact) mass is 425 g/mol. The van der Waals surface area contributed by atoms with Crippen LogP contribution >= 0.6 is 11.8 Å². The van der Waals surface area contributed by atoms with E-state index in [1.165, 1.54) is 23.9 Å². The van der Waals surface area contributed by atoms with E-state index >= 15 is 0 Å². The number of fused-ring (bicyclic) bond motifs is 3. The lowest BCUT2D eigenvalue weighted by molar-refractivity contribution is -0.113. The van der Waals surface area contributed by atoms with E-state index < -0.39 is 5.82 Å². The van der Waals surface area contributed by atoms with Crippen molar-refractivity contribution in [2.75, 3.05) is 11.1 Å². The first-order valence-electron chi connectivity index (χ1n) is 9.64. The third-order valence-corrected chi connectivity index (χ3v) is 5.62. The van der Waals surface area contributed by atoms with E-state index in [-0.39, 0.29) is 22.9 Å². The Kier molecular flexibility index (Phi) is 5.80. The second-order valence-electron chi connectivity index (χ2n) is 6.76. The molecule has 0 saturated heterocycles. The largest absolute Gasteiger partial charge is 0.323 e. The molecular formula is C21H20FN5O2S. The molecule has 0 aliphatic rings. The fraction of sp³-hybridized carbons (Fsp3) is 0.238. The number of nitrogens with zero attached hydrogens (tertiary/aromatic N) is 4. The molecule has 0 radical (unpaired) electrons. The number of carbonyl (C=O) groups is 1. The molecular weight excluding hydrogens is 405 g/mol. The van der Waals surface area contributed by atoms with Gasteiger partial charge in [-0.3, -0.25) is 18.6 Å². The number of aryl methyl sites for hydroxylation is 1. The topological polar surface area (TPSA) is 81.3 Å². The van der Waals surface area contributed by atoms with E-state index in [1.54, 1.807) is 27.2 Å². The van der Waals surface area contributed by atoms with Gasteiger partial charge in [0.2, 0.25) is 11.7 Å². The SMILES string of the molecule is CCCCn1c(=O)c2ccccc2n2c(SCC(=O)Nc3ccccc3F)nnc12. The van der Waals surface area contributed by atoms with Crippen LogP contribution in [0.15, 0.2) is 58.5 Å². The number of anilines is 1. The second kappa shape index (κ2) is 8.66. The van der Waals surface area contributed by atoms with Crippen LogP contribution in [0.1, 0.15) is 19.8 Å². The van der Waals surface area contributed by atoms with Crippen LogP contribution in [0, 0.1) is 5.82 Å². The van der Waals surface area contributed by atoms with Crippen molar-refractivity contribution in [3.63, 3.8) is 0 Å². The standard InChI is InChI=1S/C21H20FN5O2S/c1-2-3-12-26-19(29)14-8-4-7-11-17(14)27-20(26)24-25-21(27)30-13-18(28)23-16-10-6-5-9-15(16)22/h4-11H,2-3,12-13H2,1H3,(H,23,28). The molecule has 7 nitrogen and oxygen atoms in total. The fourth-order valence-corrected chi connectivity index (χ4v) is 3.96. The van der Waals surface area contributed by atoms with Crippen LogP contribution in [0.25, 0.3) is 16.7 Å². The van der Waals surface area contributed by atoms with Crippen LogP contribution < -0.4 is 10.9 Å². The van der Waals surface area contributed by atoms with Crippen LogP contribution in [-0.2, 0) is 11.3 Å². The van der Waals surface area contributed by atoms with Gasteiger partial charge >= 0.3 is 0 Å². The Labute approximate surface area is 175 Å². The average molecular weight is 425 g/mol. The molecule has 2 aromatic heterocycles. The Bertz CT molecular complexity index is 1280. The van der Waals surface area contributed by atoms with E-state index in [1.807, 2.05) is 18.2 Å². The molecule has 2 heterocycles. The lowest BCUT2D eigenvalue weighted by Crippen LogP contribution is -2.23. The molecule has 4 aromatic rings. The summed E-state index contributed by atoms with van der Waals surface area (Å²) >= 11 is 1.18. The Morgan fingerprint density at radius 3 is 2.70 bits per heavy atom. The van der Waals surface area contributed by atoms with Gasteiger partial charge in [-0.25, -0.2) is 4.39 Å². The molecule has 0 unspecified atom stereocenters. The average Bonchev–Trinajstić information content (AvgIpc) is 3.18. The molecule has 0 saturated carbocycles. The number of hydrogen-bond acceptors (Lipinski definition) is 5. The van der Waals surface area contributed by atoms with Gasteiger partial charge in [0.15, 0.2) is 5.16 Å². The number of rotatable bonds is 7. The van der Waals surface area contributed by atoms with Crippen molar-refractivity contribution in [3.05, 3.63) is 64.7 Å². The number of benzene rings is 2. The van der Waals surface area contributed by atoms with Crippen LogP contribution in [0.4, 0.5) is 10.1 Å². The molecule has 30 heavy (non-hydrogen) atoms. The van der Waals surface area contributed by atoms with Crippen molar-refractivity contribution in [1.29, 1.82) is 0 Å². The minimum atomic E-state index is -0.491. The zero-order valence-electron chi connectivity index (χ0n) is 16.3. The third-order valence-electron chi connectivity index (χ3n) is 4.69. The predicted octanol–water partition coefficient (Wildman–Crippen LogP) is 3.71. The molecule has 0 aliphatic heterocycles. The lowest BCUT2D eigenvalue weighted by atomic mass is 10.2. The number of hydrogen-bond donors (Lipinski definition) is 1. The van der Waals surface area contributed by atoms with E-state index in [4.69, 9.17) is 0 Å². The van der Waals surface area contributed by atoms with Crippen molar-refractivity contribution in [1.82, 2.24) is 19.2 Å². The van der Waals surface area contributed by atoms with Crippen molar-refractivity contribution in [2.45, 2.75) is 31.5 Å². The van der Waals surface area contributed by atoms with Gasteiger partial charge in [0.05, 0.1) is 22.3 Å². The number of nitrogens with one attached hydrogen (secondary N) is 1. The van der Waals surface area contributed by atoms with Crippen LogP contribution in [0.5, 0.6) is 0 Å². The summed E-state index contributed by atoms with van der Waals surface area (Å²) in [5.41, 5.74) is 0.716. The number of amides is 1. The van der Waals surface area contributed by atoms with Gasteiger partial charge in [0.1, 0.15) is 5.82 Å². The number of para-hydroxylation sites is 2. The smallest absolute Gasteiger partial charge is 0.262 e. The molecule has 0 spiro atoms. The number of unbranched alkanes of at least 4 members (excludes halogenated alkanes) is 1. The summed E-state index contributed by atoms with van der Waals surface area (Å²) in [6, 6.07) is 13.3. The Hall–Kier alpha value is -3.20. The minimum Gasteiger partial charge on any atom is -0.323 e. The zero-order chi connectivity index (χ0) is 21.1. The normalized spacial score (nSPS) is 11.3.